The van der Waals surface area contributed by atoms with Crippen LogP contribution in [0.1, 0.15) is 24.0 Å². The van der Waals surface area contributed by atoms with E-state index in [9.17, 15) is 4.39 Å². The van der Waals surface area contributed by atoms with E-state index in [2.05, 4.69) is 24.3 Å². The van der Waals surface area contributed by atoms with E-state index >= 15 is 0 Å². The van der Waals surface area contributed by atoms with Crippen molar-refractivity contribution in [2.75, 3.05) is 27.2 Å². The van der Waals surface area contributed by atoms with Gasteiger partial charge in [0.2, 0.25) is 0 Å². The zero-order chi connectivity index (χ0) is 12.7. The first kappa shape index (κ1) is 14.1. The van der Waals surface area contributed by atoms with Crippen molar-refractivity contribution in [1.82, 2.24) is 10.2 Å². The monoisotopic (exact) mass is 238 g/mol. The van der Waals surface area contributed by atoms with Crippen LogP contribution in [0.3, 0.4) is 0 Å². The van der Waals surface area contributed by atoms with E-state index in [0.717, 1.165) is 31.6 Å². The Balaban J connectivity index is 2.16. The summed E-state index contributed by atoms with van der Waals surface area (Å²) in [6.45, 7) is 4.65. The van der Waals surface area contributed by atoms with Crippen LogP contribution < -0.4 is 5.32 Å². The predicted octanol–water partition coefficient (Wildman–Crippen LogP) is 2.57. The highest BCUT2D eigenvalue weighted by Gasteiger charge is 1.99. The van der Waals surface area contributed by atoms with Crippen molar-refractivity contribution in [3.05, 3.63) is 35.1 Å². The van der Waals surface area contributed by atoms with Crippen LogP contribution in [0.5, 0.6) is 0 Å². The number of nitrogens with zero attached hydrogens (tertiary/aromatic N) is 1. The van der Waals surface area contributed by atoms with E-state index in [1.54, 1.807) is 13.0 Å². The Labute approximate surface area is 104 Å². The van der Waals surface area contributed by atoms with Gasteiger partial charge in [-0.2, -0.15) is 0 Å². The fourth-order valence-corrected chi connectivity index (χ4v) is 1.66. The minimum atomic E-state index is -0.114. The van der Waals surface area contributed by atoms with Crippen LogP contribution in [0.15, 0.2) is 18.2 Å². The third-order valence-corrected chi connectivity index (χ3v) is 2.77. The SMILES string of the molecule is Cc1ccc(CNCCCCN(C)C)cc1F. The van der Waals surface area contributed by atoms with Crippen LogP contribution in [0, 0.1) is 12.7 Å². The molecular weight excluding hydrogens is 215 g/mol. The van der Waals surface area contributed by atoms with Crippen LogP contribution in [-0.2, 0) is 6.54 Å². The van der Waals surface area contributed by atoms with Gasteiger partial charge in [-0.1, -0.05) is 12.1 Å². The molecule has 0 aliphatic rings. The van der Waals surface area contributed by atoms with Crippen LogP contribution >= 0.6 is 0 Å². The second-order valence-electron chi connectivity index (χ2n) is 4.77. The molecule has 0 radical (unpaired) electrons. The lowest BCUT2D eigenvalue weighted by atomic mass is 10.1. The maximum Gasteiger partial charge on any atom is 0.126 e. The zero-order valence-corrected chi connectivity index (χ0v) is 11.1. The lowest BCUT2D eigenvalue weighted by molar-refractivity contribution is 0.391. The summed E-state index contributed by atoms with van der Waals surface area (Å²) in [4.78, 5) is 2.19. The molecule has 2 nitrogen and oxygen atoms in total. The molecule has 1 N–H and O–H groups in total. The van der Waals surface area contributed by atoms with Crippen molar-refractivity contribution in [3.8, 4) is 0 Å². The molecule has 0 spiro atoms. The fourth-order valence-electron chi connectivity index (χ4n) is 1.66. The molecule has 0 bridgehead atoms. The number of benzene rings is 1. The highest BCUT2D eigenvalue weighted by Crippen LogP contribution is 2.08. The number of nitrogens with one attached hydrogen (secondary N) is 1. The molecule has 1 aromatic carbocycles. The Morgan fingerprint density at radius 2 is 2.00 bits per heavy atom. The van der Waals surface area contributed by atoms with Gasteiger partial charge in [-0.3, -0.25) is 0 Å². The summed E-state index contributed by atoms with van der Waals surface area (Å²) < 4.78 is 13.3. The molecule has 3 heteroatoms. The quantitative estimate of drug-likeness (QED) is 0.734. The third-order valence-electron chi connectivity index (χ3n) is 2.77. The fraction of sp³-hybridized carbons (Fsp3) is 0.571. The summed E-state index contributed by atoms with van der Waals surface area (Å²) in [5.74, 6) is -0.114. The summed E-state index contributed by atoms with van der Waals surface area (Å²) in [5, 5.41) is 3.34. The average molecular weight is 238 g/mol. The topological polar surface area (TPSA) is 15.3 Å². The molecule has 1 aromatic rings. The molecule has 0 aliphatic carbocycles. The van der Waals surface area contributed by atoms with Gasteiger partial charge in [0.05, 0.1) is 0 Å². The Bertz CT molecular complexity index is 337. The lowest BCUT2D eigenvalue weighted by Gasteiger charge is -2.09. The number of rotatable bonds is 7. The van der Waals surface area contributed by atoms with E-state index in [0.29, 0.717) is 5.56 Å². The molecule has 0 aliphatic heterocycles. The Morgan fingerprint density at radius 3 is 2.65 bits per heavy atom. The number of hydrogen-bond donors (Lipinski definition) is 1. The molecule has 0 fully saturated rings. The highest BCUT2D eigenvalue weighted by molar-refractivity contribution is 5.23. The molecule has 0 saturated heterocycles. The van der Waals surface area contributed by atoms with Crippen molar-refractivity contribution < 1.29 is 4.39 Å². The van der Waals surface area contributed by atoms with Crippen LogP contribution in [0.25, 0.3) is 0 Å². The van der Waals surface area contributed by atoms with E-state index in [-0.39, 0.29) is 5.82 Å². The number of halogens is 1. The maximum atomic E-state index is 13.3. The molecule has 0 aromatic heterocycles. The minimum Gasteiger partial charge on any atom is -0.313 e. The summed E-state index contributed by atoms with van der Waals surface area (Å²) >= 11 is 0. The van der Waals surface area contributed by atoms with E-state index in [4.69, 9.17) is 0 Å². The lowest BCUT2D eigenvalue weighted by Crippen LogP contribution is -2.18. The summed E-state index contributed by atoms with van der Waals surface area (Å²) in [5.41, 5.74) is 1.72. The first-order valence-corrected chi connectivity index (χ1v) is 6.20. The third kappa shape index (κ3) is 5.80. The molecule has 96 valence electrons. The predicted molar refractivity (Wildman–Crippen MR) is 70.6 cm³/mol. The molecule has 1 rings (SSSR count). The Morgan fingerprint density at radius 1 is 1.24 bits per heavy atom. The van der Waals surface area contributed by atoms with Crippen molar-refractivity contribution >= 4 is 0 Å². The van der Waals surface area contributed by atoms with Crippen molar-refractivity contribution in [2.45, 2.75) is 26.3 Å². The molecule has 0 amide bonds. The van der Waals surface area contributed by atoms with Crippen molar-refractivity contribution in [3.63, 3.8) is 0 Å². The van der Waals surface area contributed by atoms with Crippen LogP contribution in [-0.4, -0.2) is 32.1 Å². The van der Waals surface area contributed by atoms with Gasteiger partial charge in [0.25, 0.3) is 0 Å². The largest absolute Gasteiger partial charge is 0.313 e. The minimum absolute atomic E-state index is 0.114. The molecule has 0 heterocycles. The van der Waals surface area contributed by atoms with Gasteiger partial charge >= 0.3 is 0 Å². The zero-order valence-electron chi connectivity index (χ0n) is 11.1. The number of unbranched alkanes of at least 4 members (excludes halogenated alkanes) is 1. The Hall–Kier alpha value is -0.930. The smallest absolute Gasteiger partial charge is 0.126 e. The van der Waals surface area contributed by atoms with Crippen molar-refractivity contribution in [2.24, 2.45) is 0 Å². The highest BCUT2D eigenvalue weighted by atomic mass is 19.1. The number of aryl methyl sites for hydroxylation is 1. The van der Waals surface area contributed by atoms with Gasteiger partial charge in [0, 0.05) is 6.54 Å². The van der Waals surface area contributed by atoms with Gasteiger partial charge in [-0.15, -0.1) is 0 Å². The maximum absolute atomic E-state index is 13.3. The summed E-state index contributed by atoms with van der Waals surface area (Å²) in [6, 6.07) is 5.42. The van der Waals surface area contributed by atoms with Gasteiger partial charge < -0.3 is 10.2 Å². The molecule has 0 unspecified atom stereocenters. The molecule has 17 heavy (non-hydrogen) atoms. The first-order chi connectivity index (χ1) is 8.09. The second-order valence-corrected chi connectivity index (χ2v) is 4.77. The van der Waals surface area contributed by atoms with E-state index in [1.165, 1.54) is 6.42 Å². The van der Waals surface area contributed by atoms with E-state index in [1.807, 2.05) is 12.1 Å². The molecular formula is C14H23FN2. The standard InChI is InChI=1S/C14H23FN2/c1-12-6-7-13(10-14(12)15)11-16-8-4-5-9-17(2)3/h6-7,10,16H,4-5,8-9,11H2,1-3H3. The van der Waals surface area contributed by atoms with Gasteiger partial charge in [-0.05, 0) is 64.1 Å². The molecule has 0 atom stereocenters. The summed E-state index contributed by atoms with van der Waals surface area (Å²) in [7, 11) is 4.17. The van der Waals surface area contributed by atoms with Crippen molar-refractivity contribution in [1.29, 1.82) is 0 Å². The first-order valence-electron chi connectivity index (χ1n) is 6.20. The van der Waals surface area contributed by atoms with E-state index < -0.39 is 0 Å². The van der Waals surface area contributed by atoms with Gasteiger partial charge in [0.1, 0.15) is 5.82 Å². The van der Waals surface area contributed by atoms with Crippen LogP contribution in [0.4, 0.5) is 4.39 Å². The summed E-state index contributed by atoms with van der Waals surface area (Å²) in [6.07, 6.45) is 2.36. The Kier molecular flexibility index (Phi) is 6.16. The van der Waals surface area contributed by atoms with Gasteiger partial charge in [0.15, 0.2) is 0 Å². The number of hydrogen-bond acceptors (Lipinski definition) is 2. The second kappa shape index (κ2) is 7.41. The normalized spacial score (nSPS) is 11.1. The average Bonchev–Trinajstić information content (AvgIpc) is 2.27. The van der Waals surface area contributed by atoms with Gasteiger partial charge in [-0.25, -0.2) is 4.39 Å². The molecule has 0 saturated carbocycles. The van der Waals surface area contributed by atoms with Crippen LogP contribution in [0.2, 0.25) is 0 Å².